The SMILES string of the molecule is CCc1ccccc1C(=O)C(C)N. The molecule has 2 heteroatoms. The van der Waals surface area contributed by atoms with Gasteiger partial charge >= 0.3 is 0 Å². The van der Waals surface area contributed by atoms with Crippen LogP contribution in [0.4, 0.5) is 0 Å². The number of rotatable bonds is 3. The van der Waals surface area contributed by atoms with Gasteiger partial charge in [0.1, 0.15) is 0 Å². The summed E-state index contributed by atoms with van der Waals surface area (Å²) < 4.78 is 0. The molecule has 0 aliphatic heterocycles. The summed E-state index contributed by atoms with van der Waals surface area (Å²) in [5.74, 6) is 0.0254. The van der Waals surface area contributed by atoms with Crippen LogP contribution in [0.15, 0.2) is 24.3 Å². The number of carbonyl (C=O) groups excluding carboxylic acids is 1. The van der Waals surface area contributed by atoms with Crippen LogP contribution in [0, 0.1) is 0 Å². The van der Waals surface area contributed by atoms with E-state index < -0.39 is 6.04 Å². The van der Waals surface area contributed by atoms with Crippen molar-refractivity contribution < 1.29 is 4.79 Å². The number of benzene rings is 1. The quantitative estimate of drug-likeness (QED) is 0.715. The van der Waals surface area contributed by atoms with Crippen LogP contribution in [0.2, 0.25) is 0 Å². The lowest BCUT2D eigenvalue weighted by molar-refractivity contribution is 0.0967. The van der Waals surface area contributed by atoms with E-state index in [1.54, 1.807) is 6.92 Å². The predicted octanol–water partition coefficient (Wildman–Crippen LogP) is 1.78. The molecule has 0 spiro atoms. The molecule has 0 radical (unpaired) electrons. The Labute approximate surface area is 78.8 Å². The molecule has 0 aliphatic rings. The Hall–Kier alpha value is -1.15. The van der Waals surface area contributed by atoms with Crippen molar-refractivity contribution in [2.75, 3.05) is 0 Å². The monoisotopic (exact) mass is 177 g/mol. The maximum Gasteiger partial charge on any atom is 0.179 e. The van der Waals surface area contributed by atoms with Crippen LogP contribution < -0.4 is 5.73 Å². The van der Waals surface area contributed by atoms with Gasteiger partial charge in [0.05, 0.1) is 6.04 Å². The van der Waals surface area contributed by atoms with E-state index >= 15 is 0 Å². The van der Waals surface area contributed by atoms with Crippen molar-refractivity contribution in [3.8, 4) is 0 Å². The smallest absolute Gasteiger partial charge is 0.179 e. The molecule has 1 aromatic rings. The number of aryl methyl sites for hydroxylation is 1. The summed E-state index contributed by atoms with van der Waals surface area (Å²) in [5, 5.41) is 0. The van der Waals surface area contributed by atoms with Gasteiger partial charge in [-0.2, -0.15) is 0 Å². The number of hydrogen-bond donors (Lipinski definition) is 1. The normalized spacial score (nSPS) is 12.5. The number of Topliss-reactive ketones (excluding diaryl/α,β-unsaturated/α-hetero) is 1. The van der Waals surface area contributed by atoms with E-state index in [-0.39, 0.29) is 5.78 Å². The van der Waals surface area contributed by atoms with Crippen LogP contribution in [-0.4, -0.2) is 11.8 Å². The van der Waals surface area contributed by atoms with Gasteiger partial charge in [-0.1, -0.05) is 31.2 Å². The van der Waals surface area contributed by atoms with Crippen molar-refractivity contribution in [2.45, 2.75) is 26.3 Å². The Bertz CT molecular complexity index is 305. The van der Waals surface area contributed by atoms with Gasteiger partial charge < -0.3 is 5.73 Å². The second-order valence-electron chi connectivity index (χ2n) is 3.16. The van der Waals surface area contributed by atoms with Crippen molar-refractivity contribution in [1.29, 1.82) is 0 Å². The fraction of sp³-hybridized carbons (Fsp3) is 0.364. The van der Waals surface area contributed by atoms with Gasteiger partial charge in [-0.05, 0) is 18.9 Å². The molecule has 0 fully saturated rings. The molecule has 0 amide bonds. The minimum absolute atomic E-state index is 0.0254. The fourth-order valence-electron chi connectivity index (χ4n) is 1.31. The number of nitrogens with two attached hydrogens (primary N) is 1. The topological polar surface area (TPSA) is 43.1 Å². The number of ketones is 1. The van der Waals surface area contributed by atoms with E-state index in [1.165, 1.54) is 0 Å². The van der Waals surface area contributed by atoms with Crippen molar-refractivity contribution in [1.82, 2.24) is 0 Å². The minimum Gasteiger partial charge on any atom is -0.321 e. The van der Waals surface area contributed by atoms with Crippen LogP contribution in [-0.2, 0) is 6.42 Å². The van der Waals surface area contributed by atoms with Crippen LogP contribution in [0.1, 0.15) is 29.8 Å². The van der Waals surface area contributed by atoms with E-state index in [0.717, 1.165) is 17.5 Å². The number of carbonyl (C=O) groups is 1. The van der Waals surface area contributed by atoms with Gasteiger partial charge in [0.25, 0.3) is 0 Å². The van der Waals surface area contributed by atoms with Gasteiger partial charge in [-0.25, -0.2) is 0 Å². The van der Waals surface area contributed by atoms with Crippen LogP contribution >= 0.6 is 0 Å². The highest BCUT2D eigenvalue weighted by Gasteiger charge is 2.12. The molecule has 1 atom stereocenters. The van der Waals surface area contributed by atoms with E-state index in [1.807, 2.05) is 31.2 Å². The highest BCUT2D eigenvalue weighted by atomic mass is 16.1. The van der Waals surface area contributed by atoms with E-state index in [4.69, 9.17) is 5.73 Å². The Balaban J connectivity index is 3.06. The first-order valence-electron chi connectivity index (χ1n) is 4.54. The first kappa shape index (κ1) is 9.93. The molecule has 0 bridgehead atoms. The molecule has 0 heterocycles. The third-order valence-electron chi connectivity index (χ3n) is 2.08. The van der Waals surface area contributed by atoms with Gasteiger partial charge in [-0.15, -0.1) is 0 Å². The molecule has 70 valence electrons. The maximum atomic E-state index is 11.6. The van der Waals surface area contributed by atoms with Crippen LogP contribution in [0.5, 0.6) is 0 Å². The molecule has 2 nitrogen and oxygen atoms in total. The fourth-order valence-corrected chi connectivity index (χ4v) is 1.31. The van der Waals surface area contributed by atoms with Crippen LogP contribution in [0.25, 0.3) is 0 Å². The summed E-state index contributed by atoms with van der Waals surface area (Å²) >= 11 is 0. The molecule has 0 saturated carbocycles. The predicted molar refractivity (Wildman–Crippen MR) is 53.8 cm³/mol. The number of hydrogen-bond acceptors (Lipinski definition) is 2. The Kier molecular flexibility index (Phi) is 3.20. The standard InChI is InChI=1S/C11H15NO/c1-3-9-6-4-5-7-10(9)11(13)8(2)12/h4-8H,3,12H2,1-2H3. The lowest BCUT2D eigenvalue weighted by Crippen LogP contribution is -2.27. The Morgan fingerprint density at radius 3 is 2.62 bits per heavy atom. The van der Waals surface area contributed by atoms with E-state index in [9.17, 15) is 4.79 Å². The summed E-state index contributed by atoms with van der Waals surface area (Å²) in [6.45, 7) is 3.75. The molecular formula is C11H15NO. The molecule has 0 aromatic heterocycles. The summed E-state index contributed by atoms with van der Waals surface area (Å²) in [6.07, 6.45) is 0.870. The first-order valence-corrected chi connectivity index (χ1v) is 4.54. The second kappa shape index (κ2) is 4.19. The third-order valence-corrected chi connectivity index (χ3v) is 2.08. The molecule has 2 N–H and O–H groups in total. The Morgan fingerprint density at radius 1 is 1.46 bits per heavy atom. The maximum absolute atomic E-state index is 11.6. The molecular weight excluding hydrogens is 162 g/mol. The molecule has 13 heavy (non-hydrogen) atoms. The first-order chi connectivity index (χ1) is 6.16. The largest absolute Gasteiger partial charge is 0.321 e. The average Bonchev–Trinajstić information content (AvgIpc) is 2.16. The average molecular weight is 177 g/mol. The summed E-state index contributed by atoms with van der Waals surface area (Å²) in [5.41, 5.74) is 7.38. The zero-order valence-corrected chi connectivity index (χ0v) is 8.08. The zero-order valence-electron chi connectivity index (χ0n) is 8.08. The van der Waals surface area contributed by atoms with Crippen molar-refractivity contribution in [2.24, 2.45) is 5.73 Å². The Morgan fingerprint density at radius 2 is 2.08 bits per heavy atom. The lowest BCUT2D eigenvalue weighted by atomic mass is 9.98. The van der Waals surface area contributed by atoms with Crippen molar-refractivity contribution in [3.63, 3.8) is 0 Å². The van der Waals surface area contributed by atoms with Crippen molar-refractivity contribution >= 4 is 5.78 Å². The van der Waals surface area contributed by atoms with Crippen LogP contribution in [0.3, 0.4) is 0 Å². The summed E-state index contributed by atoms with van der Waals surface area (Å²) in [7, 11) is 0. The molecule has 1 aromatic carbocycles. The highest BCUT2D eigenvalue weighted by molar-refractivity contribution is 6.00. The highest BCUT2D eigenvalue weighted by Crippen LogP contribution is 2.11. The van der Waals surface area contributed by atoms with E-state index in [0.29, 0.717) is 0 Å². The minimum atomic E-state index is -0.410. The molecule has 0 saturated heterocycles. The zero-order chi connectivity index (χ0) is 9.84. The van der Waals surface area contributed by atoms with Gasteiger partial charge in [0.2, 0.25) is 0 Å². The van der Waals surface area contributed by atoms with Gasteiger partial charge in [0.15, 0.2) is 5.78 Å². The molecule has 0 aliphatic carbocycles. The lowest BCUT2D eigenvalue weighted by Gasteiger charge is -2.08. The second-order valence-corrected chi connectivity index (χ2v) is 3.16. The molecule has 1 unspecified atom stereocenters. The van der Waals surface area contributed by atoms with Gasteiger partial charge in [0, 0.05) is 5.56 Å². The van der Waals surface area contributed by atoms with Crippen molar-refractivity contribution in [3.05, 3.63) is 35.4 Å². The molecule has 1 rings (SSSR count). The third kappa shape index (κ3) is 2.16. The van der Waals surface area contributed by atoms with Gasteiger partial charge in [-0.3, -0.25) is 4.79 Å². The summed E-state index contributed by atoms with van der Waals surface area (Å²) in [4.78, 5) is 11.6. The van der Waals surface area contributed by atoms with E-state index in [2.05, 4.69) is 0 Å². The summed E-state index contributed by atoms with van der Waals surface area (Å²) in [6, 6.07) is 7.21.